The number of rotatable bonds is 2. The van der Waals surface area contributed by atoms with Gasteiger partial charge in [-0.25, -0.2) is 0 Å². The first-order valence-electron chi connectivity index (χ1n) is 7.81. The van der Waals surface area contributed by atoms with Crippen LogP contribution in [0.1, 0.15) is 51.9 Å². The second-order valence-corrected chi connectivity index (χ2v) is 6.42. The van der Waals surface area contributed by atoms with Crippen molar-refractivity contribution in [3.05, 3.63) is 0 Å². The molecule has 0 spiro atoms. The van der Waals surface area contributed by atoms with Crippen LogP contribution in [0.15, 0.2) is 0 Å². The summed E-state index contributed by atoms with van der Waals surface area (Å²) in [5, 5.41) is 3.41. The van der Waals surface area contributed by atoms with Gasteiger partial charge < -0.3 is 10.2 Å². The van der Waals surface area contributed by atoms with Gasteiger partial charge in [-0.2, -0.15) is 0 Å². The smallest absolute Gasteiger partial charge is 0.227 e. The maximum Gasteiger partial charge on any atom is 0.227 e. The van der Waals surface area contributed by atoms with Crippen LogP contribution in [0.25, 0.3) is 0 Å². The van der Waals surface area contributed by atoms with E-state index < -0.39 is 0 Å². The van der Waals surface area contributed by atoms with Gasteiger partial charge in [0.25, 0.3) is 0 Å². The molecule has 0 bridgehead atoms. The molecule has 1 saturated carbocycles. The second kappa shape index (κ2) is 5.20. The average molecular weight is 250 g/mol. The Balaban J connectivity index is 1.68. The molecule has 3 atom stereocenters. The average Bonchev–Trinajstić information content (AvgIpc) is 3.09. The van der Waals surface area contributed by atoms with Crippen LogP contribution in [0, 0.1) is 11.8 Å². The van der Waals surface area contributed by atoms with Crippen molar-refractivity contribution in [1.29, 1.82) is 0 Å². The van der Waals surface area contributed by atoms with Crippen molar-refractivity contribution in [3.8, 4) is 0 Å². The number of hydrogen-bond donors (Lipinski definition) is 1. The number of hydrogen-bond acceptors (Lipinski definition) is 2. The van der Waals surface area contributed by atoms with Gasteiger partial charge in [-0.05, 0) is 51.5 Å². The van der Waals surface area contributed by atoms with Gasteiger partial charge >= 0.3 is 0 Å². The highest BCUT2D eigenvalue weighted by Gasteiger charge is 2.40. The van der Waals surface area contributed by atoms with E-state index in [0.717, 1.165) is 25.4 Å². The van der Waals surface area contributed by atoms with Crippen LogP contribution >= 0.6 is 0 Å². The first kappa shape index (κ1) is 12.5. The number of likely N-dealkylation sites (tertiary alicyclic amines) is 1. The van der Waals surface area contributed by atoms with Gasteiger partial charge in [0.05, 0.1) is 5.92 Å². The zero-order chi connectivity index (χ0) is 12.5. The van der Waals surface area contributed by atoms with Crippen molar-refractivity contribution in [2.45, 2.75) is 64.0 Å². The summed E-state index contributed by atoms with van der Waals surface area (Å²) >= 11 is 0. The Bertz CT molecular complexity index is 312. The molecule has 0 aromatic rings. The van der Waals surface area contributed by atoms with Gasteiger partial charge in [-0.15, -0.1) is 0 Å². The van der Waals surface area contributed by atoms with Crippen LogP contribution in [0.5, 0.6) is 0 Å². The number of nitrogens with one attached hydrogen (secondary N) is 1. The van der Waals surface area contributed by atoms with Crippen molar-refractivity contribution >= 4 is 5.91 Å². The molecule has 3 heteroatoms. The molecule has 2 heterocycles. The molecular formula is C15H26N2O. The molecule has 1 aliphatic carbocycles. The lowest BCUT2D eigenvalue weighted by Gasteiger charge is -2.32. The van der Waals surface area contributed by atoms with E-state index in [1.807, 2.05) is 0 Å². The van der Waals surface area contributed by atoms with Gasteiger partial charge in [0, 0.05) is 18.6 Å². The van der Waals surface area contributed by atoms with Crippen LogP contribution in [-0.2, 0) is 4.79 Å². The number of carbonyl (C=O) groups excluding carboxylic acids is 1. The lowest BCUT2D eigenvalue weighted by Crippen LogP contribution is -2.45. The standard InChI is InChI=1S/C15H26N2O/c1-11-13(8-9-16-11)15(18)17-10-4-7-14(17)12-5-2-3-6-12/h11-14,16H,2-10H2,1H3. The molecule has 1 N–H and O–H groups in total. The Morgan fingerprint density at radius 3 is 2.56 bits per heavy atom. The predicted octanol–water partition coefficient (Wildman–Crippen LogP) is 2.17. The third-order valence-corrected chi connectivity index (χ3v) is 5.37. The molecular weight excluding hydrogens is 224 g/mol. The van der Waals surface area contributed by atoms with Gasteiger partial charge in [0.1, 0.15) is 0 Å². The molecule has 0 aromatic heterocycles. The summed E-state index contributed by atoms with van der Waals surface area (Å²) in [6, 6.07) is 0.954. The second-order valence-electron chi connectivity index (χ2n) is 6.42. The molecule has 0 aromatic carbocycles. The Morgan fingerprint density at radius 1 is 1.11 bits per heavy atom. The molecule has 2 saturated heterocycles. The molecule has 3 fully saturated rings. The van der Waals surface area contributed by atoms with Crippen LogP contribution < -0.4 is 5.32 Å². The Kier molecular flexibility index (Phi) is 3.60. The Morgan fingerprint density at radius 2 is 1.89 bits per heavy atom. The third kappa shape index (κ3) is 2.18. The fraction of sp³-hybridized carbons (Fsp3) is 0.933. The summed E-state index contributed by atoms with van der Waals surface area (Å²) in [5.41, 5.74) is 0. The third-order valence-electron chi connectivity index (χ3n) is 5.37. The normalized spacial score (nSPS) is 37.6. The van der Waals surface area contributed by atoms with Crippen LogP contribution in [0.3, 0.4) is 0 Å². The highest BCUT2D eigenvalue weighted by molar-refractivity contribution is 5.80. The van der Waals surface area contributed by atoms with Gasteiger partial charge in [0.2, 0.25) is 5.91 Å². The van der Waals surface area contributed by atoms with E-state index in [-0.39, 0.29) is 5.92 Å². The molecule has 3 rings (SSSR count). The first-order chi connectivity index (χ1) is 8.77. The molecule has 102 valence electrons. The molecule has 18 heavy (non-hydrogen) atoms. The van der Waals surface area contributed by atoms with Crippen LogP contribution in [0.2, 0.25) is 0 Å². The fourth-order valence-electron chi connectivity index (χ4n) is 4.31. The number of amides is 1. The van der Waals surface area contributed by atoms with E-state index in [0.29, 0.717) is 18.0 Å². The zero-order valence-electron chi connectivity index (χ0n) is 11.5. The van der Waals surface area contributed by atoms with E-state index >= 15 is 0 Å². The Labute approximate surface area is 110 Å². The summed E-state index contributed by atoms with van der Waals surface area (Å²) in [5.74, 6) is 1.50. The Hall–Kier alpha value is -0.570. The van der Waals surface area contributed by atoms with Crippen molar-refractivity contribution in [3.63, 3.8) is 0 Å². The molecule has 3 unspecified atom stereocenters. The largest absolute Gasteiger partial charge is 0.339 e. The number of carbonyl (C=O) groups is 1. The summed E-state index contributed by atoms with van der Waals surface area (Å²) in [6.45, 7) is 4.19. The summed E-state index contributed by atoms with van der Waals surface area (Å²) < 4.78 is 0. The maximum atomic E-state index is 12.7. The monoisotopic (exact) mass is 250 g/mol. The highest BCUT2D eigenvalue weighted by atomic mass is 16.2. The van der Waals surface area contributed by atoms with E-state index in [1.165, 1.54) is 38.5 Å². The van der Waals surface area contributed by atoms with E-state index in [1.54, 1.807) is 0 Å². The van der Waals surface area contributed by atoms with E-state index in [2.05, 4.69) is 17.1 Å². The minimum Gasteiger partial charge on any atom is -0.339 e. The SMILES string of the molecule is CC1NCCC1C(=O)N1CCCC1C1CCCC1. The van der Waals surface area contributed by atoms with Crippen LogP contribution in [-0.4, -0.2) is 36.0 Å². The molecule has 3 nitrogen and oxygen atoms in total. The summed E-state index contributed by atoms with van der Waals surface area (Å²) in [4.78, 5) is 15.0. The lowest BCUT2D eigenvalue weighted by molar-refractivity contribution is -0.137. The van der Waals surface area contributed by atoms with Crippen LogP contribution in [0.4, 0.5) is 0 Å². The molecule has 2 aliphatic heterocycles. The minimum absolute atomic E-state index is 0.243. The van der Waals surface area contributed by atoms with E-state index in [9.17, 15) is 4.79 Å². The van der Waals surface area contributed by atoms with E-state index in [4.69, 9.17) is 0 Å². The minimum atomic E-state index is 0.243. The van der Waals surface area contributed by atoms with Gasteiger partial charge in [0.15, 0.2) is 0 Å². The maximum absolute atomic E-state index is 12.7. The highest BCUT2D eigenvalue weighted by Crippen LogP contribution is 2.36. The summed E-state index contributed by atoms with van der Waals surface area (Å²) in [7, 11) is 0. The first-order valence-corrected chi connectivity index (χ1v) is 7.81. The quantitative estimate of drug-likeness (QED) is 0.814. The number of nitrogens with zero attached hydrogens (tertiary/aromatic N) is 1. The molecule has 3 aliphatic rings. The van der Waals surface area contributed by atoms with Crippen molar-refractivity contribution in [2.24, 2.45) is 11.8 Å². The predicted molar refractivity (Wildman–Crippen MR) is 72.3 cm³/mol. The van der Waals surface area contributed by atoms with Crippen molar-refractivity contribution in [1.82, 2.24) is 10.2 Å². The van der Waals surface area contributed by atoms with Crippen molar-refractivity contribution in [2.75, 3.05) is 13.1 Å². The fourth-order valence-corrected chi connectivity index (χ4v) is 4.31. The molecule has 0 radical (unpaired) electrons. The zero-order valence-corrected chi connectivity index (χ0v) is 11.5. The topological polar surface area (TPSA) is 32.3 Å². The summed E-state index contributed by atoms with van der Waals surface area (Å²) in [6.07, 6.45) is 8.98. The van der Waals surface area contributed by atoms with Crippen molar-refractivity contribution < 1.29 is 4.79 Å². The van der Waals surface area contributed by atoms with Gasteiger partial charge in [-0.3, -0.25) is 4.79 Å². The lowest BCUT2D eigenvalue weighted by atomic mass is 9.94. The molecule has 1 amide bonds. The van der Waals surface area contributed by atoms with Gasteiger partial charge in [-0.1, -0.05) is 12.8 Å².